The minimum atomic E-state index is -0.435. The monoisotopic (exact) mass is 325 g/mol. The van der Waals surface area contributed by atoms with Crippen molar-refractivity contribution < 1.29 is 9.59 Å². The average molecular weight is 326 g/mol. The topological polar surface area (TPSA) is 66.6 Å². The lowest BCUT2D eigenvalue weighted by Crippen LogP contribution is -2.45. The number of likely N-dealkylation sites (N-methyl/N-ethyl adjacent to an activating group) is 1. The number of nitrogens with zero attached hydrogens (tertiary/aromatic N) is 2. The summed E-state index contributed by atoms with van der Waals surface area (Å²) >= 11 is 5.88. The van der Waals surface area contributed by atoms with Gasteiger partial charge in [-0.2, -0.15) is 0 Å². The Hall–Kier alpha value is -1.59. The number of nitrogens with two attached hydrogens (primary N) is 1. The normalized spacial score (nSPS) is 12.5. The summed E-state index contributed by atoms with van der Waals surface area (Å²) in [5.41, 5.74) is 6.24. The highest BCUT2D eigenvalue weighted by atomic mass is 35.5. The largest absolute Gasteiger partial charge is 0.369 e. The zero-order valence-electron chi connectivity index (χ0n) is 13.5. The third-order valence-corrected chi connectivity index (χ3v) is 4.01. The summed E-state index contributed by atoms with van der Waals surface area (Å²) < 4.78 is 0. The van der Waals surface area contributed by atoms with Crippen molar-refractivity contribution in [3.63, 3.8) is 0 Å². The average Bonchev–Trinajstić information content (AvgIpc) is 2.45. The molecule has 0 bridgehead atoms. The van der Waals surface area contributed by atoms with Crippen LogP contribution in [0.15, 0.2) is 24.3 Å². The minimum absolute atomic E-state index is 0.0580. The fourth-order valence-corrected chi connectivity index (χ4v) is 2.21. The summed E-state index contributed by atoms with van der Waals surface area (Å²) in [6, 6.07) is 7.40. The van der Waals surface area contributed by atoms with Crippen molar-refractivity contribution in [2.24, 2.45) is 5.73 Å². The smallest absolute Gasteiger partial charge is 0.237 e. The zero-order valence-corrected chi connectivity index (χ0v) is 14.3. The Morgan fingerprint density at radius 1 is 1.14 bits per heavy atom. The molecule has 122 valence electrons. The minimum Gasteiger partial charge on any atom is -0.369 e. The lowest BCUT2D eigenvalue weighted by molar-refractivity contribution is -0.134. The second-order valence-corrected chi connectivity index (χ2v) is 6.13. The maximum absolute atomic E-state index is 12.4. The van der Waals surface area contributed by atoms with E-state index in [4.69, 9.17) is 17.3 Å². The Labute approximate surface area is 137 Å². The second kappa shape index (κ2) is 8.15. The molecule has 1 unspecified atom stereocenters. The molecule has 22 heavy (non-hydrogen) atoms. The molecule has 1 aromatic rings. The van der Waals surface area contributed by atoms with Crippen molar-refractivity contribution in [2.45, 2.75) is 32.9 Å². The number of benzene rings is 1. The van der Waals surface area contributed by atoms with Crippen LogP contribution in [-0.2, 0) is 9.59 Å². The number of rotatable bonds is 7. The molecule has 0 aromatic heterocycles. The van der Waals surface area contributed by atoms with Gasteiger partial charge in [0.15, 0.2) is 0 Å². The molecule has 1 aromatic carbocycles. The highest BCUT2D eigenvalue weighted by Gasteiger charge is 2.22. The van der Waals surface area contributed by atoms with Crippen LogP contribution in [0.3, 0.4) is 0 Å². The molecule has 1 atom stereocenters. The van der Waals surface area contributed by atoms with E-state index in [9.17, 15) is 9.59 Å². The van der Waals surface area contributed by atoms with Gasteiger partial charge in [-0.15, -0.1) is 0 Å². The van der Waals surface area contributed by atoms with Crippen LogP contribution in [-0.4, -0.2) is 47.8 Å². The number of carbonyl (C=O) groups is 2. The molecular formula is C16H24ClN3O2. The van der Waals surface area contributed by atoms with Crippen LogP contribution in [0.4, 0.5) is 0 Å². The van der Waals surface area contributed by atoms with Crippen LogP contribution in [0.25, 0.3) is 0 Å². The standard InChI is InChI=1S/C16H24ClN3O2/c1-11(2)20(9-15(18)21)10-16(22)19(4)12(3)13-5-7-14(17)8-6-13/h5-8,11-12H,9-10H2,1-4H3,(H2,18,21). The lowest BCUT2D eigenvalue weighted by atomic mass is 10.1. The number of hydrogen-bond donors (Lipinski definition) is 1. The third kappa shape index (κ3) is 5.31. The molecule has 6 heteroatoms. The molecule has 1 rings (SSSR count). The van der Waals surface area contributed by atoms with Crippen molar-refractivity contribution in [3.05, 3.63) is 34.9 Å². The molecular weight excluding hydrogens is 302 g/mol. The molecule has 0 aliphatic heterocycles. The van der Waals surface area contributed by atoms with Gasteiger partial charge in [-0.3, -0.25) is 14.5 Å². The molecule has 2 amide bonds. The first-order chi connectivity index (χ1) is 10.2. The Balaban J connectivity index is 2.74. The maximum atomic E-state index is 12.4. The van der Waals surface area contributed by atoms with Crippen molar-refractivity contribution in [1.82, 2.24) is 9.80 Å². The van der Waals surface area contributed by atoms with Gasteiger partial charge in [-0.1, -0.05) is 23.7 Å². The van der Waals surface area contributed by atoms with E-state index < -0.39 is 5.91 Å². The van der Waals surface area contributed by atoms with Gasteiger partial charge in [0.05, 0.1) is 19.1 Å². The Morgan fingerprint density at radius 3 is 2.14 bits per heavy atom. The van der Waals surface area contributed by atoms with Gasteiger partial charge in [0.1, 0.15) is 0 Å². The highest BCUT2D eigenvalue weighted by Crippen LogP contribution is 2.21. The van der Waals surface area contributed by atoms with Gasteiger partial charge in [-0.25, -0.2) is 0 Å². The first-order valence-electron chi connectivity index (χ1n) is 7.25. The third-order valence-electron chi connectivity index (χ3n) is 3.75. The Bertz CT molecular complexity index is 517. The van der Waals surface area contributed by atoms with E-state index in [-0.39, 0.29) is 31.1 Å². The van der Waals surface area contributed by atoms with E-state index in [1.165, 1.54) is 0 Å². The van der Waals surface area contributed by atoms with Crippen molar-refractivity contribution in [3.8, 4) is 0 Å². The van der Waals surface area contributed by atoms with Gasteiger partial charge in [-0.05, 0) is 38.5 Å². The molecule has 2 N–H and O–H groups in total. The van der Waals surface area contributed by atoms with Crippen molar-refractivity contribution in [2.75, 3.05) is 20.1 Å². The van der Waals surface area contributed by atoms with Crippen LogP contribution < -0.4 is 5.73 Å². The molecule has 5 nitrogen and oxygen atoms in total. The number of primary amides is 1. The van der Waals surface area contributed by atoms with Gasteiger partial charge in [0.25, 0.3) is 0 Å². The summed E-state index contributed by atoms with van der Waals surface area (Å²) in [7, 11) is 1.75. The van der Waals surface area contributed by atoms with E-state index in [2.05, 4.69) is 0 Å². The predicted octanol–water partition coefficient (Wildman–Crippen LogP) is 2.06. The van der Waals surface area contributed by atoms with Crippen molar-refractivity contribution >= 4 is 23.4 Å². The molecule has 0 spiro atoms. The zero-order chi connectivity index (χ0) is 16.9. The van der Waals surface area contributed by atoms with Gasteiger partial charge in [0.2, 0.25) is 11.8 Å². The molecule has 0 fully saturated rings. The maximum Gasteiger partial charge on any atom is 0.237 e. The van der Waals surface area contributed by atoms with E-state index >= 15 is 0 Å². The molecule has 0 aliphatic rings. The van der Waals surface area contributed by atoms with Crippen molar-refractivity contribution in [1.29, 1.82) is 0 Å². The summed E-state index contributed by atoms with van der Waals surface area (Å²) in [5, 5.41) is 0.664. The van der Waals surface area contributed by atoms with E-state index in [1.807, 2.05) is 32.9 Å². The second-order valence-electron chi connectivity index (χ2n) is 5.70. The number of carbonyl (C=O) groups excluding carboxylic acids is 2. The van der Waals surface area contributed by atoms with Gasteiger partial charge < -0.3 is 10.6 Å². The fourth-order valence-electron chi connectivity index (χ4n) is 2.09. The Kier molecular flexibility index (Phi) is 6.84. The van der Waals surface area contributed by atoms with Gasteiger partial charge in [0, 0.05) is 18.1 Å². The first kappa shape index (κ1) is 18.5. The van der Waals surface area contributed by atoms with E-state index in [1.54, 1.807) is 29.0 Å². The SMILES string of the molecule is CC(C)N(CC(N)=O)CC(=O)N(C)C(C)c1ccc(Cl)cc1. The molecule has 0 saturated carbocycles. The summed E-state index contributed by atoms with van der Waals surface area (Å²) in [6.45, 7) is 6.05. The molecule has 0 radical (unpaired) electrons. The summed E-state index contributed by atoms with van der Waals surface area (Å²) in [6.07, 6.45) is 0. The molecule has 0 aliphatic carbocycles. The van der Waals surface area contributed by atoms with E-state index in [0.717, 1.165) is 5.56 Å². The Morgan fingerprint density at radius 2 is 1.68 bits per heavy atom. The highest BCUT2D eigenvalue weighted by molar-refractivity contribution is 6.30. The first-order valence-corrected chi connectivity index (χ1v) is 7.63. The van der Waals surface area contributed by atoms with Gasteiger partial charge >= 0.3 is 0 Å². The fraction of sp³-hybridized carbons (Fsp3) is 0.500. The van der Waals surface area contributed by atoms with Crippen LogP contribution in [0, 0.1) is 0 Å². The molecule has 0 heterocycles. The van der Waals surface area contributed by atoms with E-state index in [0.29, 0.717) is 5.02 Å². The molecule has 0 saturated heterocycles. The summed E-state index contributed by atoms with van der Waals surface area (Å²) in [4.78, 5) is 26.9. The predicted molar refractivity (Wildman–Crippen MR) is 88.5 cm³/mol. The van der Waals surface area contributed by atoms with Crippen LogP contribution in [0.5, 0.6) is 0 Å². The quantitative estimate of drug-likeness (QED) is 0.834. The number of halogens is 1. The van der Waals surface area contributed by atoms with Crippen LogP contribution >= 0.6 is 11.6 Å². The van der Waals surface area contributed by atoms with Crippen LogP contribution in [0.2, 0.25) is 5.02 Å². The van der Waals surface area contributed by atoms with Crippen LogP contribution in [0.1, 0.15) is 32.4 Å². The lowest BCUT2D eigenvalue weighted by Gasteiger charge is -2.30. The summed E-state index contributed by atoms with van der Waals surface area (Å²) in [5.74, 6) is -0.493. The number of hydrogen-bond acceptors (Lipinski definition) is 3. The number of amides is 2.